The molecule has 0 aliphatic carbocycles. The summed E-state index contributed by atoms with van der Waals surface area (Å²) in [7, 11) is -1.75. The number of para-hydroxylation sites is 1. The van der Waals surface area contributed by atoms with Crippen molar-refractivity contribution in [2.75, 3.05) is 0 Å². The second kappa shape index (κ2) is 5.42. The van der Waals surface area contributed by atoms with Gasteiger partial charge in [-0.05, 0) is 25.1 Å². The van der Waals surface area contributed by atoms with E-state index in [1.54, 1.807) is 24.3 Å². The van der Waals surface area contributed by atoms with Crippen LogP contribution in [0.1, 0.15) is 11.1 Å². The highest BCUT2D eigenvalue weighted by molar-refractivity contribution is 7.90. The summed E-state index contributed by atoms with van der Waals surface area (Å²) in [5.41, 5.74) is 2.84. The molecule has 0 saturated carbocycles. The number of sulfonamides is 1. The van der Waals surface area contributed by atoms with E-state index < -0.39 is 10.0 Å². The Kier molecular flexibility index (Phi) is 3.58. The molecule has 0 saturated heterocycles. The lowest BCUT2D eigenvalue weighted by atomic mass is 10.2. The Morgan fingerprint density at radius 3 is 2.45 bits per heavy atom. The predicted molar refractivity (Wildman–Crippen MR) is 88.9 cm³/mol. The fraction of sp³-hybridized carbons (Fsp3) is 0.118. The quantitative estimate of drug-likeness (QED) is 0.697. The number of hydrogen-bond acceptors (Lipinski definition) is 2. The molecule has 0 aliphatic rings. The first-order valence-corrected chi connectivity index (χ1v) is 8.32. The molecule has 0 spiro atoms. The van der Waals surface area contributed by atoms with Crippen LogP contribution in [-0.2, 0) is 17.1 Å². The van der Waals surface area contributed by atoms with E-state index in [2.05, 4.69) is 4.40 Å². The lowest BCUT2D eigenvalue weighted by molar-refractivity contribution is 0.598. The third-order valence-electron chi connectivity index (χ3n) is 3.58. The van der Waals surface area contributed by atoms with Crippen molar-refractivity contribution in [3.63, 3.8) is 0 Å². The number of fused-ring (bicyclic) bond motifs is 1. The van der Waals surface area contributed by atoms with Gasteiger partial charge in [-0.15, -0.1) is 0 Å². The number of aromatic nitrogens is 1. The Hall–Kier alpha value is -2.40. The van der Waals surface area contributed by atoms with E-state index in [1.165, 1.54) is 6.21 Å². The zero-order chi connectivity index (χ0) is 15.7. The average molecular weight is 312 g/mol. The Morgan fingerprint density at radius 2 is 1.73 bits per heavy atom. The fourth-order valence-corrected chi connectivity index (χ4v) is 3.23. The van der Waals surface area contributed by atoms with Gasteiger partial charge in [0.05, 0.1) is 4.90 Å². The zero-order valence-electron chi connectivity index (χ0n) is 12.4. The molecular formula is C17H16N2O2S. The molecule has 0 fully saturated rings. The average Bonchev–Trinajstić information content (AvgIpc) is 2.83. The van der Waals surface area contributed by atoms with Crippen LogP contribution in [0.5, 0.6) is 0 Å². The van der Waals surface area contributed by atoms with Gasteiger partial charge in [0.25, 0.3) is 10.0 Å². The van der Waals surface area contributed by atoms with Gasteiger partial charge < -0.3 is 4.57 Å². The molecule has 0 atom stereocenters. The van der Waals surface area contributed by atoms with Crippen LogP contribution in [0.4, 0.5) is 0 Å². The Bertz CT molecular complexity index is 952. The molecule has 3 aromatic rings. The summed E-state index contributed by atoms with van der Waals surface area (Å²) in [4.78, 5) is 0.203. The molecule has 1 aromatic heterocycles. The lowest BCUT2D eigenvalue weighted by Crippen LogP contribution is -1.97. The Morgan fingerprint density at radius 1 is 1.05 bits per heavy atom. The third kappa shape index (κ3) is 2.67. The van der Waals surface area contributed by atoms with E-state index in [0.29, 0.717) is 0 Å². The van der Waals surface area contributed by atoms with Gasteiger partial charge in [0, 0.05) is 35.9 Å². The van der Waals surface area contributed by atoms with Crippen molar-refractivity contribution in [3.8, 4) is 0 Å². The normalized spacial score (nSPS) is 12.3. The molecule has 4 nitrogen and oxygen atoms in total. The van der Waals surface area contributed by atoms with Gasteiger partial charge >= 0.3 is 0 Å². The highest BCUT2D eigenvalue weighted by Crippen LogP contribution is 2.19. The lowest BCUT2D eigenvalue weighted by Gasteiger charge is -1.99. The van der Waals surface area contributed by atoms with E-state index in [9.17, 15) is 8.42 Å². The van der Waals surface area contributed by atoms with Crippen molar-refractivity contribution in [1.29, 1.82) is 0 Å². The van der Waals surface area contributed by atoms with Crippen LogP contribution >= 0.6 is 0 Å². The van der Waals surface area contributed by atoms with Gasteiger partial charge in [-0.2, -0.15) is 12.8 Å². The van der Waals surface area contributed by atoms with Crippen LogP contribution in [0.2, 0.25) is 0 Å². The highest BCUT2D eigenvalue weighted by Gasteiger charge is 2.12. The number of benzene rings is 2. The third-order valence-corrected chi connectivity index (χ3v) is 4.83. The van der Waals surface area contributed by atoms with Crippen molar-refractivity contribution >= 4 is 27.1 Å². The molecule has 0 radical (unpaired) electrons. The van der Waals surface area contributed by atoms with Crippen molar-refractivity contribution in [2.24, 2.45) is 11.4 Å². The second-order valence-electron chi connectivity index (χ2n) is 5.24. The van der Waals surface area contributed by atoms with E-state index in [4.69, 9.17) is 0 Å². The van der Waals surface area contributed by atoms with Crippen LogP contribution in [0, 0.1) is 6.92 Å². The molecule has 0 bridgehead atoms. The van der Waals surface area contributed by atoms with E-state index in [0.717, 1.165) is 22.0 Å². The smallest absolute Gasteiger partial charge is 0.282 e. The van der Waals surface area contributed by atoms with Crippen molar-refractivity contribution < 1.29 is 8.42 Å². The minimum absolute atomic E-state index is 0.203. The number of aryl methyl sites for hydroxylation is 2. The molecule has 112 valence electrons. The second-order valence-corrected chi connectivity index (χ2v) is 6.87. The molecule has 0 unspecified atom stereocenters. The van der Waals surface area contributed by atoms with Crippen LogP contribution in [-0.4, -0.2) is 19.2 Å². The van der Waals surface area contributed by atoms with Gasteiger partial charge in [-0.25, -0.2) is 0 Å². The molecular weight excluding hydrogens is 296 g/mol. The Balaban J connectivity index is 2.00. The summed E-state index contributed by atoms with van der Waals surface area (Å²) in [5.74, 6) is 0. The van der Waals surface area contributed by atoms with Gasteiger partial charge in [-0.1, -0.05) is 35.9 Å². The zero-order valence-corrected chi connectivity index (χ0v) is 13.2. The van der Waals surface area contributed by atoms with Gasteiger partial charge in [-0.3, -0.25) is 0 Å². The highest BCUT2D eigenvalue weighted by atomic mass is 32.2. The molecule has 0 N–H and O–H groups in total. The molecule has 1 heterocycles. The monoisotopic (exact) mass is 312 g/mol. The van der Waals surface area contributed by atoms with Crippen molar-refractivity contribution in [2.45, 2.75) is 11.8 Å². The van der Waals surface area contributed by atoms with Crippen LogP contribution < -0.4 is 0 Å². The van der Waals surface area contributed by atoms with Crippen LogP contribution in [0.25, 0.3) is 10.9 Å². The molecule has 22 heavy (non-hydrogen) atoms. The number of nitrogens with zero attached hydrogens (tertiary/aromatic N) is 2. The summed E-state index contributed by atoms with van der Waals surface area (Å²) in [6, 6.07) is 14.5. The summed E-state index contributed by atoms with van der Waals surface area (Å²) >= 11 is 0. The number of rotatable bonds is 3. The molecule has 2 aromatic carbocycles. The van der Waals surface area contributed by atoms with E-state index >= 15 is 0 Å². The molecule has 0 aliphatic heterocycles. The molecule has 0 amide bonds. The first kappa shape index (κ1) is 14.5. The van der Waals surface area contributed by atoms with Gasteiger partial charge in [0.15, 0.2) is 0 Å². The first-order chi connectivity index (χ1) is 10.5. The van der Waals surface area contributed by atoms with E-state index in [1.807, 2.05) is 49.0 Å². The molecule has 5 heteroatoms. The summed E-state index contributed by atoms with van der Waals surface area (Å²) < 4.78 is 30.3. The number of hydrogen-bond donors (Lipinski definition) is 0. The summed E-state index contributed by atoms with van der Waals surface area (Å²) in [6.45, 7) is 1.91. The summed E-state index contributed by atoms with van der Waals surface area (Å²) in [5, 5.41) is 0.979. The van der Waals surface area contributed by atoms with Crippen LogP contribution in [0.15, 0.2) is 64.0 Å². The standard InChI is InChI=1S/C17H16N2O2S/c1-13-7-9-15(10-8-13)22(20,21)18-11-14-12-19(2)17-6-4-3-5-16(14)17/h3-12H,1-2H3/b18-11+. The van der Waals surface area contributed by atoms with Crippen molar-refractivity contribution in [1.82, 2.24) is 4.57 Å². The Labute approximate surface area is 129 Å². The fourth-order valence-electron chi connectivity index (χ4n) is 2.37. The van der Waals surface area contributed by atoms with Gasteiger partial charge in [0.1, 0.15) is 0 Å². The van der Waals surface area contributed by atoms with Crippen molar-refractivity contribution in [3.05, 3.63) is 65.9 Å². The minimum atomic E-state index is -3.67. The molecule has 3 rings (SSSR count). The maximum atomic E-state index is 12.3. The largest absolute Gasteiger partial charge is 0.350 e. The maximum absolute atomic E-state index is 12.3. The topological polar surface area (TPSA) is 51.4 Å². The van der Waals surface area contributed by atoms with Crippen LogP contribution in [0.3, 0.4) is 0 Å². The summed E-state index contributed by atoms with van der Waals surface area (Å²) in [6.07, 6.45) is 3.29. The predicted octanol–water partition coefficient (Wildman–Crippen LogP) is 3.29. The maximum Gasteiger partial charge on any atom is 0.282 e. The minimum Gasteiger partial charge on any atom is -0.350 e. The first-order valence-electron chi connectivity index (χ1n) is 6.88. The van der Waals surface area contributed by atoms with Gasteiger partial charge in [0.2, 0.25) is 0 Å². The van der Waals surface area contributed by atoms with E-state index in [-0.39, 0.29) is 4.90 Å². The SMILES string of the molecule is Cc1ccc(S(=O)(=O)/N=C/c2cn(C)c3ccccc23)cc1.